The Morgan fingerprint density at radius 1 is 1.17 bits per heavy atom. The van der Waals surface area contributed by atoms with Crippen LogP contribution in [0.3, 0.4) is 0 Å². The monoisotopic (exact) mass is 164 g/mol. The molecule has 66 valence electrons. The van der Waals surface area contributed by atoms with Crippen LogP contribution in [-0.4, -0.2) is 0 Å². The van der Waals surface area contributed by atoms with Crippen molar-refractivity contribution in [1.29, 1.82) is 0 Å². The molecule has 2 heteroatoms. The Labute approximate surface area is 73.6 Å². The van der Waals surface area contributed by atoms with Crippen LogP contribution >= 0.6 is 0 Å². The highest BCUT2D eigenvalue weighted by atomic mass is 14.7. The van der Waals surface area contributed by atoms with Crippen LogP contribution in [0.5, 0.6) is 0 Å². The first-order valence-corrected chi connectivity index (χ1v) is 4.23. The molecule has 0 amide bonds. The molecule has 0 aliphatic carbocycles. The minimum atomic E-state index is 0.0474. The number of rotatable bonds is 2. The third-order valence-corrected chi connectivity index (χ3v) is 2.07. The van der Waals surface area contributed by atoms with Crippen molar-refractivity contribution in [3.8, 4) is 0 Å². The predicted molar refractivity (Wildman–Crippen MR) is 52.6 cm³/mol. The fraction of sp³-hybridized carbons (Fsp3) is 0.400. The molecular formula is C10H16N2. The minimum Gasteiger partial charge on any atom is -0.398 e. The van der Waals surface area contributed by atoms with Gasteiger partial charge in [-0.25, -0.2) is 0 Å². The van der Waals surface area contributed by atoms with E-state index in [1.54, 1.807) is 0 Å². The number of para-hydroxylation sites is 1. The van der Waals surface area contributed by atoms with Gasteiger partial charge in [0.1, 0.15) is 0 Å². The molecule has 4 N–H and O–H groups in total. The summed E-state index contributed by atoms with van der Waals surface area (Å²) in [5.74, 6) is 0.426. The van der Waals surface area contributed by atoms with E-state index in [1.807, 2.05) is 24.3 Å². The Morgan fingerprint density at radius 2 is 1.75 bits per heavy atom. The van der Waals surface area contributed by atoms with Crippen molar-refractivity contribution in [3.63, 3.8) is 0 Å². The van der Waals surface area contributed by atoms with Crippen molar-refractivity contribution >= 4 is 5.69 Å². The van der Waals surface area contributed by atoms with Crippen LogP contribution in [0.25, 0.3) is 0 Å². The Morgan fingerprint density at radius 3 is 2.25 bits per heavy atom. The van der Waals surface area contributed by atoms with E-state index >= 15 is 0 Å². The average Bonchev–Trinajstić information content (AvgIpc) is 2.04. The first-order valence-electron chi connectivity index (χ1n) is 4.23. The number of hydrogen-bond donors (Lipinski definition) is 2. The lowest BCUT2D eigenvalue weighted by Gasteiger charge is -2.17. The summed E-state index contributed by atoms with van der Waals surface area (Å²) in [6, 6.07) is 7.81. The van der Waals surface area contributed by atoms with E-state index in [0.29, 0.717) is 5.92 Å². The molecule has 1 aromatic carbocycles. The van der Waals surface area contributed by atoms with E-state index in [0.717, 1.165) is 11.3 Å². The molecule has 0 fully saturated rings. The van der Waals surface area contributed by atoms with Crippen LogP contribution in [0.2, 0.25) is 0 Å². The first kappa shape index (κ1) is 9.07. The molecule has 0 spiro atoms. The van der Waals surface area contributed by atoms with Crippen LogP contribution < -0.4 is 11.5 Å². The lowest BCUT2D eigenvalue weighted by Crippen LogP contribution is -2.17. The van der Waals surface area contributed by atoms with E-state index in [1.165, 1.54) is 0 Å². The third-order valence-electron chi connectivity index (χ3n) is 2.07. The van der Waals surface area contributed by atoms with Crippen molar-refractivity contribution in [2.75, 3.05) is 5.73 Å². The Bertz CT molecular complexity index is 256. The maximum Gasteiger partial charge on any atom is 0.0362 e. The second kappa shape index (κ2) is 3.59. The van der Waals surface area contributed by atoms with Crippen molar-refractivity contribution in [1.82, 2.24) is 0 Å². The maximum atomic E-state index is 5.96. The SMILES string of the molecule is CC(C)C(N)c1ccccc1N. The van der Waals surface area contributed by atoms with Gasteiger partial charge in [-0.3, -0.25) is 0 Å². The summed E-state index contributed by atoms with van der Waals surface area (Å²) < 4.78 is 0. The predicted octanol–water partition coefficient (Wildman–Crippen LogP) is 1.92. The van der Waals surface area contributed by atoms with Gasteiger partial charge in [0.15, 0.2) is 0 Å². The Balaban J connectivity index is 2.94. The van der Waals surface area contributed by atoms with E-state index in [2.05, 4.69) is 13.8 Å². The largest absolute Gasteiger partial charge is 0.398 e. The topological polar surface area (TPSA) is 52.0 Å². The molecule has 0 aliphatic rings. The first-order chi connectivity index (χ1) is 5.63. The quantitative estimate of drug-likeness (QED) is 0.656. The van der Waals surface area contributed by atoms with E-state index < -0.39 is 0 Å². The molecule has 2 nitrogen and oxygen atoms in total. The molecule has 0 aromatic heterocycles. The maximum absolute atomic E-state index is 5.96. The molecule has 0 radical (unpaired) electrons. The summed E-state index contributed by atoms with van der Waals surface area (Å²) in [4.78, 5) is 0. The van der Waals surface area contributed by atoms with Crippen molar-refractivity contribution in [2.45, 2.75) is 19.9 Å². The summed E-state index contributed by atoms with van der Waals surface area (Å²) in [7, 11) is 0. The van der Waals surface area contributed by atoms with Crippen LogP contribution in [0, 0.1) is 5.92 Å². The number of nitrogens with two attached hydrogens (primary N) is 2. The molecule has 1 atom stereocenters. The van der Waals surface area contributed by atoms with Crippen molar-refractivity contribution in [2.24, 2.45) is 11.7 Å². The van der Waals surface area contributed by atoms with Gasteiger partial charge >= 0.3 is 0 Å². The summed E-state index contributed by atoms with van der Waals surface area (Å²) in [6.07, 6.45) is 0. The highest BCUT2D eigenvalue weighted by molar-refractivity contribution is 5.48. The van der Waals surface area contributed by atoms with Gasteiger partial charge in [0.05, 0.1) is 0 Å². The van der Waals surface area contributed by atoms with Crippen LogP contribution in [-0.2, 0) is 0 Å². The molecule has 0 heterocycles. The molecule has 0 saturated heterocycles. The van der Waals surface area contributed by atoms with Gasteiger partial charge in [-0.05, 0) is 17.5 Å². The second-order valence-electron chi connectivity index (χ2n) is 3.40. The van der Waals surface area contributed by atoms with Crippen LogP contribution in [0.15, 0.2) is 24.3 Å². The molecule has 1 aromatic rings. The molecule has 1 rings (SSSR count). The minimum absolute atomic E-state index is 0.0474. The zero-order valence-corrected chi connectivity index (χ0v) is 7.62. The van der Waals surface area contributed by atoms with Crippen molar-refractivity contribution < 1.29 is 0 Å². The lowest BCUT2D eigenvalue weighted by atomic mass is 9.96. The van der Waals surface area contributed by atoms with Crippen LogP contribution in [0.4, 0.5) is 5.69 Å². The zero-order chi connectivity index (χ0) is 9.14. The lowest BCUT2D eigenvalue weighted by molar-refractivity contribution is 0.515. The van der Waals surface area contributed by atoms with Crippen LogP contribution in [0.1, 0.15) is 25.5 Å². The van der Waals surface area contributed by atoms with Gasteiger partial charge in [-0.1, -0.05) is 32.0 Å². The van der Waals surface area contributed by atoms with Gasteiger partial charge in [-0.2, -0.15) is 0 Å². The molecule has 1 unspecified atom stereocenters. The standard InChI is InChI=1S/C10H16N2/c1-7(2)10(12)8-5-3-4-6-9(8)11/h3-7,10H,11-12H2,1-2H3. The summed E-state index contributed by atoms with van der Waals surface area (Å²) in [5, 5.41) is 0. The number of hydrogen-bond acceptors (Lipinski definition) is 2. The molecule has 0 saturated carbocycles. The highest BCUT2D eigenvalue weighted by Crippen LogP contribution is 2.23. The molecule has 0 aliphatic heterocycles. The van der Waals surface area contributed by atoms with E-state index in [-0.39, 0.29) is 6.04 Å². The summed E-state index contributed by atoms with van der Waals surface area (Å²) in [5.41, 5.74) is 13.6. The average molecular weight is 164 g/mol. The fourth-order valence-corrected chi connectivity index (χ4v) is 1.17. The summed E-state index contributed by atoms with van der Waals surface area (Å²) in [6.45, 7) is 4.19. The number of nitrogen functional groups attached to an aromatic ring is 1. The smallest absolute Gasteiger partial charge is 0.0362 e. The van der Waals surface area contributed by atoms with Gasteiger partial charge in [0.25, 0.3) is 0 Å². The van der Waals surface area contributed by atoms with E-state index in [4.69, 9.17) is 11.5 Å². The van der Waals surface area contributed by atoms with Gasteiger partial charge in [-0.15, -0.1) is 0 Å². The van der Waals surface area contributed by atoms with Gasteiger partial charge in [0.2, 0.25) is 0 Å². The second-order valence-corrected chi connectivity index (χ2v) is 3.40. The highest BCUT2D eigenvalue weighted by Gasteiger charge is 2.11. The molecular weight excluding hydrogens is 148 g/mol. The molecule has 0 bridgehead atoms. The Hall–Kier alpha value is -1.02. The number of anilines is 1. The third kappa shape index (κ3) is 1.77. The fourth-order valence-electron chi connectivity index (χ4n) is 1.17. The number of benzene rings is 1. The normalized spacial score (nSPS) is 13.3. The zero-order valence-electron chi connectivity index (χ0n) is 7.62. The van der Waals surface area contributed by atoms with Gasteiger partial charge < -0.3 is 11.5 Å². The summed E-state index contributed by atoms with van der Waals surface area (Å²) >= 11 is 0. The van der Waals surface area contributed by atoms with Crippen molar-refractivity contribution in [3.05, 3.63) is 29.8 Å². The Kier molecular flexibility index (Phi) is 2.71. The molecule has 12 heavy (non-hydrogen) atoms. The van der Waals surface area contributed by atoms with E-state index in [9.17, 15) is 0 Å². The van der Waals surface area contributed by atoms with Gasteiger partial charge in [0, 0.05) is 11.7 Å².